The van der Waals surface area contributed by atoms with Crippen LogP contribution in [0.2, 0.25) is 0 Å². The van der Waals surface area contributed by atoms with Gasteiger partial charge in [-0.1, -0.05) is 6.92 Å². The Kier molecular flexibility index (Phi) is 2.65. The van der Waals surface area contributed by atoms with Gasteiger partial charge in [0.2, 0.25) is 0 Å². The number of carbonyl (C=O) groups is 1. The van der Waals surface area contributed by atoms with Crippen LogP contribution in [0, 0.1) is 6.92 Å². The molecule has 0 atom stereocenters. The van der Waals surface area contributed by atoms with Crippen molar-refractivity contribution in [2.24, 2.45) is 0 Å². The minimum Gasteiger partial charge on any atom is -0.459 e. The Bertz CT molecular complexity index is 468. The molecule has 0 aliphatic carbocycles. The molecule has 0 unspecified atom stereocenters. The molecule has 4 heteroatoms. The molecule has 0 saturated carbocycles. The Balaban J connectivity index is 2.60. The van der Waals surface area contributed by atoms with Crippen LogP contribution in [0.3, 0.4) is 0 Å². The first kappa shape index (κ1) is 9.80. The smallest absolute Gasteiger partial charge is 0.160 e. The summed E-state index contributed by atoms with van der Waals surface area (Å²) < 4.78 is 6.67. The highest BCUT2D eigenvalue weighted by atomic mass is 32.2. The predicted molar refractivity (Wildman–Crippen MR) is 60.6 cm³/mol. The minimum atomic E-state index is 0.733. The molecule has 2 nitrogen and oxygen atoms in total. The summed E-state index contributed by atoms with van der Waals surface area (Å²) in [4.78, 5) is 12.5. The van der Waals surface area contributed by atoms with E-state index in [2.05, 4.69) is 6.92 Å². The molecule has 0 bridgehead atoms. The fourth-order valence-corrected chi connectivity index (χ4v) is 3.32. The first-order chi connectivity index (χ1) is 6.76. The summed E-state index contributed by atoms with van der Waals surface area (Å²) in [5.74, 6) is 1.97. The molecule has 2 aromatic rings. The number of furan rings is 1. The highest BCUT2D eigenvalue weighted by Gasteiger charge is 2.14. The second-order valence-electron chi connectivity index (χ2n) is 2.88. The Morgan fingerprint density at radius 2 is 2.43 bits per heavy atom. The molecule has 2 heterocycles. The molecule has 0 radical (unpaired) electrons. The molecule has 0 amide bonds. The van der Waals surface area contributed by atoms with Gasteiger partial charge in [0.15, 0.2) is 6.29 Å². The molecule has 0 aliphatic rings. The van der Waals surface area contributed by atoms with Crippen LogP contribution in [0.25, 0.3) is 10.3 Å². The van der Waals surface area contributed by atoms with Gasteiger partial charge in [-0.15, -0.1) is 23.1 Å². The lowest BCUT2D eigenvalue weighted by Crippen LogP contribution is -1.71. The van der Waals surface area contributed by atoms with Crippen LogP contribution in [0.5, 0.6) is 0 Å². The van der Waals surface area contributed by atoms with E-state index in [9.17, 15) is 4.79 Å². The fourth-order valence-electron chi connectivity index (χ4n) is 1.37. The number of aldehydes is 1. The van der Waals surface area contributed by atoms with Crippen LogP contribution in [0.1, 0.15) is 22.4 Å². The van der Waals surface area contributed by atoms with Crippen LogP contribution in [0.4, 0.5) is 0 Å². The first-order valence-corrected chi connectivity index (χ1v) is 6.17. The molecule has 0 aliphatic heterocycles. The van der Waals surface area contributed by atoms with Crippen molar-refractivity contribution in [2.45, 2.75) is 18.7 Å². The second-order valence-corrected chi connectivity index (χ2v) is 5.24. The summed E-state index contributed by atoms with van der Waals surface area (Å²) in [7, 11) is 0. The summed E-state index contributed by atoms with van der Waals surface area (Å²) in [6, 6.07) is 1.81. The summed E-state index contributed by atoms with van der Waals surface area (Å²) in [5, 5.41) is 0. The van der Waals surface area contributed by atoms with Crippen LogP contribution in [-0.4, -0.2) is 12.0 Å². The number of fused-ring (bicyclic) bond motifs is 1. The largest absolute Gasteiger partial charge is 0.459 e. The van der Waals surface area contributed by atoms with Gasteiger partial charge in [0.1, 0.15) is 11.3 Å². The van der Waals surface area contributed by atoms with E-state index >= 15 is 0 Å². The molecule has 0 N–H and O–H groups in total. The van der Waals surface area contributed by atoms with Crippen LogP contribution in [-0.2, 0) is 0 Å². The van der Waals surface area contributed by atoms with Crippen molar-refractivity contribution in [3.63, 3.8) is 0 Å². The maximum Gasteiger partial charge on any atom is 0.160 e. The maximum atomic E-state index is 10.6. The molecule has 0 fully saturated rings. The summed E-state index contributed by atoms with van der Waals surface area (Å²) in [6.45, 7) is 4.07. The van der Waals surface area contributed by atoms with Crippen molar-refractivity contribution < 1.29 is 9.21 Å². The Labute approximate surface area is 90.3 Å². The van der Waals surface area contributed by atoms with Crippen molar-refractivity contribution in [1.29, 1.82) is 0 Å². The zero-order valence-corrected chi connectivity index (χ0v) is 9.63. The molecule has 0 saturated heterocycles. The SMILES string of the molecule is CCSc1c(C)oc2cc(C=O)sc12. The third-order valence-corrected chi connectivity index (χ3v) is 4.17. The van der Waals surface area contributed by atoms with Gasteiger partial charge in [-0.3, -0.25) is 4.79 Å². The molecular weight excluding hydrogens is 216 g/mol. The van der Waals surface area contributed by atoms with Crippen LogP contribution >= 0.6 is 23.1 Å². The Morgan fingerprint density at radius 3 is 3.07 bits per heavy atom. The van der Waals surface area contributed by atoms with Crippen LogP contribution in [0.15, 0.2) is 15.4 Å². The zero-order chi connectivity index (χ0) is 10.1. The van der Waals surface area contributed by atoms with Gasteiger partial charge >= 0.3 is 0 Å². The van der Waals surface area contributed by atoms with E-state index in [0.29, 0.717) is 0 Å². The third kappa shape index (κ3) is 1.48. The predicted octanol–water partition coefficient (Wildman–Crippen LogP) is 3.73. The lowest BCUT2D eigenvalue weighted by molar-refractivity contribution is 0.112. The van der Waals surface area contributed by atoms with Crippen LogP contribution < -0.4 is 0 Å². The van der Waals surface area contributed by atoms with Gasteiger partial charge in [-0.2, -0.15) is 0 Å². The van der Waals surface area contributed by atoms with Gasteiger partial charge < -0.3 is 4.42 Å². The summed E-state index contributed by atoms with van der Waals surface area (Å²) >= 11 is 3.26. The topological polar surface area (TPSA) is 30.2 Å². The molecule has 0 aromatic carbocycles. The monoisotopic (exact) mass is 226 g/mol. The first-order valence-electron chi connectivity index (χ1n) is 4.37. The molecule has 14 heavy (non-hydrogen) atoms. The standard InChI is InChI=1S/C10H10O2S2/c1-3-13-9-6(2)12-8-4-7(5-11)14-10(8)9/h4-5H,3H2,1-2H3. The van der Waals surface area contributed by atoms with Crippen molar-refractivity contribution >= 4 is 39.7 Å². The Morgan fingerprint density at radius 1 is 1.64 bits per heavy atom. The van der Waals surface area contributed by atoms with E-state index in [0.717, 1.165) is 33.0 Å². The molecule has 2 rings (SSSR count). The van der Waals surface area contributed by atoms with Crippen molar-refractivity contribution in [3.8, 4) is 0 Å². The number of aryl methyl sites for hydroxylation is 1. The minimum absolute atomic E-state index is 0.733. The molecular formula is C10H10O2S2. The quantitative estimate of drug-likeness (QED) is 0.590. The lowest BCUT2D eigenvalue weighted by Gasteiger charge is -1.93. The highest BCUT2D eigenvalue weighted by Crippen LogP contribution is 2.38. The number of hydrogen-bond acceptors (Lipinski definition) is 4. The molecule has 74 valence electrons. The number of hydrogen-bond donors (Lipinski definition) is 0. The van der Waals surface area contributed by atoms with Gasteiger partial charge in [-0.25, -0.2) is 0 Å². The van der Waals surface area contributed by atoms with Gasteiger partial charge in [0.25, 0.3) is 0 Å². The average molecular weight is 226 g/mol. The van der Waals surface area contributed by atoms with Gasteiger partial charge in [0.05, 0.1) is 14.5 Å². The molecule has 0 spiro atoms. The summed E-state index contributed by atoms with van der Waals surface area (Å²) in [5.41, 5.74) is 0.838. The highest BCUT2D eigenvalue weighted by molar-refractivity contribution is 7.99. The number of rotatable bonds is 3. The van der Waals surface area contributed by atoms with E-state index in [1.165, 1.54) is 16.2 Å². The van der Waals surface area contributed by atoms with E-state index in [-0.39, 0.29) is 0 Å². The number of thiophene rings is 1. The van der Waals surface area contributed by atoms with Gasteiger partial charge in [-0.05, 0) is 12.7 Å². The Hall–Kier alpha value is -0.740. The maximum absolute atomic E-state index is 10.6. The zero-order valence-electron chi connectivity index (χ0n) is 7.99. The van der Waals surface area contributed by atoms with Crippen molar-refractivity contribution in [1.82, 2.24) is 0 Å². The van der Waals surface area contributed by atoms with Crippen molar-refractivity contribution in [2.75, 3.05) is 5.75 Å². The van der Waals surface area contributed by atoms with Gasteiger partial charge in [0, 0.05) is 6.07 Å². The second kappa shape index (κ2) is 3.79. The fraction of sp³-hybridized carbons (Fsp3) is 0.300. The van der Waals surface area contributed by atoms with E-state index in [4.69, 9.17) is 4.42 Å². The van der Waals surface area contributed by atoms with Crippen molar-refractivity contribution in [3.05, 3.63) is 16.7 Å². The van der Waals surface area contributed by atoms with E-state index < -0.39 is 0 Å². The molecule has 2 aromatic heterocycles. The van der Waals surface area contributed by atoms with E-state index in [1.54, 1.807) is 17.8 Å². The lowest BCUT2D eigenvalue weighted by atomic mass is 10.4. The normalized spacial score (nSPS) is 11.0. The van der Waals surface area contributed by atoms with E-state index in [1.807, 2.05) is 6.92 Å². The number of thioether (sulfide) groups is 1. The number of carbonyl (C=O) groups excluding carboxylic acids is 1. The average Bonchev–Trinajstić information content (AvgIpc) is 2.67. The summed E-state index contributed by atoms with van der Waals surface area (Å²) in [6.07, 6.45) is 0.871. The third-order valence-electron chi connectivity index (χ3n) is 1.91.